The molecule has 1 amide bonds. The number of amides is 1. The largest absolute Gasteiger partial charge is 0.398 e. The number of anilines is 1. The van der Waals surface area contributed by atoms with E-state index >= 15 is 0 Å². The maximum atomic E-state index is 12.8. The van der Waals surface area contributed by atoms with Crippen molar-refractivity contribution < 1.29 is 9.18 Å². The van der Waals surface area contributed by atoms with Crippen LogP contribution in [0.5, 0.6) is 0 Å². The summed E-state index contributed by atoms with van der Waals surface area (Å²) >= 11 is 0. The Balaban J connectivity index is 2.09. The Labute approximate surface area is 117 Å². The number of carbonyl (C=O) groups is 1. The third-order valence-electron chi connectivity index (χ3n) is 3.22. The zero-order valence-electron chi connectivity index (χ0n) is 11.5. The monoisotopic (exact) mass is 272 g/mol. The number of halogens is 1. The average molecular weight is 272 g/mol. The fourth-order valence-electron chi connectivity index (χ4n) is 1.99. The first-order valence-corrected chi connectivity index (χ1v) is 6.36. The van der Waals surface area contributed by atoms with E-state index in [4.69, 9.17) is 5.73 Å². The third kappa shape index (κ3) is 3.15. The van der Waals surface area contributed by atoms with Gasteiger partial charge in [0.15, 0.2) is 0 Å². The smallest absolute Gasteiger partial charge is 0.251 e. The Hall–Kier alpha value is -2.36. The van der Waals surface area contributed by atoms with Crippen LogP contribution in [0.4, 0.5) is 10.1 Å². The van der Waals surface area contributed by atoms with Gasteiger partial charge in [0.2, 0.25) is 0 Å². The summed E-state index contributed by atoms with van der Waals surface area (Å²) < 4.78 is 12.8. The van der Waals surface area contributed by atoms with E-state index in [0.29, 0.717) is 17.8 Å². The minimum atomic E-state index is -0.290. The van der Waals surface area contributed by atoms with Crippen LogP contribution in [-0.4, -0.2) is 5.91 Å². The van der Waals surface area contributed by atoms with Gasteiger partial charge in [-0.25, -0.2) is 4.39 Å². The van der Waals surface area contributed by atoms with Crippen molar-refractivity contribution in [1.29, 1.82) is 0 Å². The average Bonchev–Trinajstić information content (AvgIpc) is 2.42. The highest BCUT2D eigenvalue weighted by Crippen LogP contribution is 2.17. The van der Waals surface area contributed by atoms with Crippen LogP contribution >= 0.6 is 0 Å². The number of hydrogen-bond donors (Lipinski definition) is 2. The first kappa shape index (κ1) is 14.1. The van der Waals surface area contributed by atoms with E-state index in [2.05, 4.69) is 5.32 Å². The van der Waals surface area contributed by atoms with Gasteiger partial charge < -0.3 is 11.1 Å². The Morgan fingerprint density at radius 1 is 1.15 bits per heavy atom. The predicted molar refractivity (Wildman–Crippen MR) is 77.9 cm³/mol. The molecule has 4 heteroatoms. The Morgan fingerprint density at radius 3 is 2.45 bits per heavy atom. The van der Waals surface area contributed by atoms with E-state index in [1.54, 1.807) is 18.2 Å². The zero-order chi connectivity index (χ0) is 14.7. The van der Waals surface area contributed by atoms with Gasteiger partial charge in [0.25, 0.3) is 5.91 Å². The minimum Gasteiger partial charge on any atom is -0.398 e. The summed E-state index contributed by atoms with van der Waals surface area (Å²) in [5.74, 6) is -0.472. The van der Waals surface area contributed by atoms with Crippen LogP contribution in [0.15, 0.2) is 36.4 Å². The maximum absolute atomic E-state index is 12.8. The van der Waals surface area contributed by atoms with Crippen molar-refractivity contribution in [2.45, 2.75) is 20.4 Å². The Kier molecular flexibility index (Phi) is 4.03. The van der Waals surface area contributed by atoms with Gasteiger partial charge in [-0.05, 0) is 48.7 Å². The number of nitrogen functional groups attached to an aromatic ring is 1. The second-order valence-corrected chi connectivity index (χ2v) is 4.83. The maximum Gasteiger partial charge on any atom is 0.251 e. The van der Waals surface area contributed by atoms with Crippen LogP contribution in [0.2, 0.25) is 0 Å². The number of nitrogens with two attached hydrogens (primary N) is 1. The van der Waals surface area contributed by atoms with Gasteiger partial charge in [-0.3, -0.25) is 4.79 Å². The SMILES string of the molecule is Cc1cc(C)c(C(=O)NCc2ccc(F)cc2)cc1N. The summed E-state index contributed by atoms with van der Waals surface area (Å²) in [4.78, 5) is 12.1. The lowest BCUT2D eigenvalue weighted by molar-refractivity contribution is 0.0950. The van der Waals surface area contributed by atoms with E-state index in [1.165, 1.54) is 12.1 Å². The predicted octanol–water partition coefficient (Wildman–Crippen LogP) is 2.95. The fraction of sp³-hybridized carbons (Fsp3) is 0.188. The molecule has 104 valence electrons. The molecule has 2 aromatic carbocycles. The molecule has 0 radical (unpaired) electrons. The molecular formula is C16H17FN2O. The highest BCUT2D eigenvalue weighted by atomic mass is 19.1. The van der Waals surface area contributed by atoms with Gasteiger partial charge >= 0.3 is 0 Å². The van der Waals surface area contributed by atoms with Crippen LogP contribution in [0.25, 0.3) is 0 Å². The van der Waals surface area contributed by atoms with Crippen molar-refractivity contribution in [3.63, 3.8) is 0 Å². The first-order chi connectivity index (χ1) is 9.47. The summed E-state index contributed by atoms with van der Waals surface area (Å²) in [5, 5.41) is 2.81. The van der Waals surface area contributed by atoms with Crippen molar-refractivity contribution in [2.75, 3.05) is 5.73 Å². The molecule has 0 unspecified atom stereocenters. The molecule has 0 saturated heterocycles. The van der Waals surface area contributed by atoms with E-state index in [1.807, 2.05) is 19.9 Å². The van der Waals surface area contributed by atoms with Gasteiger partial charge in [0, 0.05) is 17.8 Å². The molecule has 0 heterocycles. The highest BCUT2D eigenvalue weighted by molar-refractivity contribution is 5.96. The van der Waals surface area contributed by atoms with Crippen LogP contribution < -0.4 is 11.1 Å². The summed E-state index contributed by atoms with van der Waals surface area (Å²) in [7, 11) is 0. The summed E-state index contributed by atoms with van der Waals surface area (Å²) in [5.41, 5.74) is 9.68. The fourth-order valence-corrected chi connectivity index (χ4v) is 1.99. The molecule has 2 aromatic rings. The van der Waals surface area contributed by atoms with E-state index in [-0.39, 0.29) is 11.7 Å². The number of hydrogen-bond acceptors (Lipinski definition) is 2. The van der Waals surface area contributed by atoms with Crippen molar-refractivity contribution in [2.24, 2.45) is 0 Å². The van der Waals surface area contributed by atoms with Gasteiger partial charge in [-0.2, -0.15) is 0 Å². The highest BCUT2D eigenvalue weighted by Gasteiger charge is 2.10. The molecule has 0 aromatic heterocycles. The van der Waals surface area contributed by atoms with Gasteiger partial charge in [0.05, 0.1) is 0 Å². The number of aryl methyl sites for hydroxylation is 2. The van der Waals surface area contributed by atoms with Crippen molar-refractivity contribution in [1.82, 2.24) is 5.32 Å². The number of carbonyl (C=O) groups excluding carboxylic acids is 1. The lowest BCUT2D eigenvalue weighted by atomic mass is 10.0. The molecule has 3 N–H and O–H groups in total. The zero-order valence-corrected chi connectivity index (χ0v) is 11.5. The molecule has 0 saturated carbocycles. The second kappa shape index (κ2) is 5.74. The van der Waals surface area contributed by atoms with Crippen molar-refractivity contribution in [3.05, 3.63) is 64.5 Å². The standard InChI is InChI=1S/C16H17FN2O/c1-10-7-11(2)15(18)8-14(10)16(20)19-9-12-3-5-13(17)6-4-12/h3-8H,9,18H2,1-2H3,(H,19,20). The molecule has 20 heavy (non-hydrogen) atoms. The van der Waals surface area contributed by atoms with Crippen LogP contribution in [0, 0.1) is 19.7 Å². The lowest BCUT2D eigenvalue weighted by Crippen LogP contribution is -2.23. The van der Waals surface area contributed by atoms with Gasteiger partial charge in [-0.1, -0.05) is 18.2 Å². The summed E-state index contributed by atoms with van der Waals surface area (Å²) in [6, 6.07) is 9.61. The van der Waals surface area contributed by atoms with E-state index < -0.39 is 0 Å². The second-order valence-electron chi connectivity index (χ2n) is 4.83. The Bertz CT molecular complexity index is 636. The van der Waals surface area contributed by atoms with E-state index in [0.717, 1.165) is 16.7 Å². The molecule has 0 bridgehead atoms. The number of nitrogens with one attached hydrogen (secondary N) is 1. The van der Waals surface area contributed by atoms with Gasteiger partial charge in [-0.15, -0.1) is 0 Å². The molecular weight excluding hydrogens is 255 g/mol. The third-order valence-corrected chi connectivity index (χ3v) is 3.22. The summed E-state index contributed by atoms with van der Waals surface area (Å²) in [6.07, 6.45) is 0. The quantitative estimate of drug-likeness (QED) is 0.844. The first-order valence-electron chi connectivity index (χ1n) is 6.36. The van der Waals surface area contributed by atoms with Crippen LogP contribution in [-0.2, 0) is 6.54 Å². The lowest BCUT2D eigenvalue weighted by Gasteiger charge is -2.10. The normalized spacial score (nSPS) is 10.3. The van der Waals surface area contributed by atoms with Gasteiger partial charge in [0.1, 0.15) is 5.82 Å². The molecule has 0 aliphatic heterocycles. The minimum absolute atomic E-state index is 0.182. The summed E-state index contributed by atoms with van der Waals surface area (Å²) in [6.45, 7) is 4.13. The van der Waals surface area contributed by atoms with Crippen molar-refractivity contribution in [3.8, 4) is 0 Å². The molecule has 0 atom stereocenters. The molecule has 3 nitrogen and oxygen atoms in total. The van der Waals surface area contributed by atoms with E-state index in [9.17, 15) is 9.18 Å². The van der Waals surface area contributed by atoms with Crippen LogP contribution in [0.1, 0.15) is 27.0 Å². The molecule has 0 aliphatic rings. The topological polar surface area (TPSA) is 55.1 Å². The molecule has 0 spiro atoms. The number of rotatable bonds is 3. The molecule has 2 rings (SSSR count). The molecule has 0 fully saturated rings. The van der Waals surface area contributed by atoms with Crippen molar-refractivity contribution >= 4 is 11.6 Å². The number of benzene rings is 2. The Morgan fingerprint density at radius 2 is 1.80 bits per heavy atom. The molecule has 0 aliphatic carbocycles. The van der Waals surface area contributed by atoms with Crippen LogP contribution in [0.3, 0.4) is 0 Å².